The van der Waals surface area contributed by atoms with Crippen LogP contribution in [0.2, 0.25) is 5.02 Å². The molecule has 2 heterocycles. The largest absolute Gasteiger partial charge is 0.491 e. The Morgan fingerprint density at radius 2 is 1.80 bits per heavy atom. The molecular formula is C28H37ClN2O4. The van der Waals surface area contributed by atoms with E-state index < -0.39 is 5.79 Å². The Bertz CT molecular complexity index is 1030. The van der Waals surface area contributed by atoms with Crippen molar-refractivity contribution in [1.82, 2.24) is 4.90 Å². The third-order valence-corrected chi connectivity index (χ3v) is 6.83. The smallest absolute Gasteiger partial charge is 0.219 e. The minimum atomic E-state index is -0.886. The van der Waals surface area contributed by atoms with Crippen LogP contribution >= 0.6 is 11.6 Å². The van der Waals surface area contributed by atoms with Crippen LogP contribution in [0, 0.1) is 12.3 Å². The molecule has 2 saturated heterocycles. The van der Waals surface area contributed by atoms with E-state index in [-0.39, 0.29) is 17.4 Å². The standard InChI is InChI=1S/C28H37ClN2O4/c1-20-6-11-25(26(29)16-20)28(19-27(3,4)5)34-18-24(35-28)17-33-23-9-7-22(8-10-23)31-14-12-30(13-15-31)21(2)32/h6-11,16,24H,12-15,17-19H2,1-5H3/t24-,28-/m0/s1. The van der Waals surface area contributed by atoms with Gasteiger partial charge in [0.2, 0.25) is 5.91 Å². The van der Waals surface area contributed by atoms with Gasteiger partial charge in [-0.15, -0.1) is 0 Å². The summed E-state index contributed by atoms with van der Waals surface area (Å²) in [6, 6.07) is 14.1. The number of aryl methyl sites for hydroxylation is 1. The van der Waals surface area contributed by atoms with Crippen LogP contribution < -0.4 is 9.64 Å². The van der Waals surface area contributed by atoms with Crippen LogP contribution in [-0.2, 0) is 20.1 Å². The molecule has 35 heavy (non-hydrogen) atoms. The molecule has 4 rings (SSSR count). The summed E-state index contributed by atoms with van der Waals surface area (Å²) in [5.74, 6) is 0.0484. The van der Waals surface area contributed by atoms with Crippen LogP contribution in [-0.4, -0.2) is 56.3 Å². The number of carbonyl (C=O) groups excluding carboxylic acids is 1. The second kappa shape index (κ2) is 10.4. The van der Waals surface area contributed by atoms with Crippen LogP contribution in [0.25, 0.3) is 0 Å². The summed E-state index contributed by atoms with van der Waals surface area (Å²) in [5.41, 5.74) is 3.10. The number of hydrogen-bond acceptors (Lipinski definition) is 5. The van der Waals surface area contributed by atoms with Crippen molar-refractivity contribution in [2.75, 3.05) is 44.3 Å². The molecule has 0 unspecified atom stereocenters. The van der Waals surface area contributed by atoms with Gasteiger partial charge in [0, 0.05) is 55.8 Å². The molecule has 0 radical (unpaired) electrons. The number of ether oxygens (including phenoxy) is 3. The zero-order chi connectivity index (χ0) is 25.2. The van der Waals surface area contributed by atoms with Gasteiger partial charge in [-0.3, -0.25) is 4.79 Å². The first-order chi connectivity index (χ1) is 16.5. The first kappa shape index (κ1) is 25.8. The minimum absolute atomic E-state index is 0.0182. The van der Waals surface area contributed by atoms with Crippen molar-refractivity contribution in [2.24, 2.45) is 5.41 Å². The summed E-state index contributed by atoms with van der Waals surface area (Å²) >= 11 is 6.64. The molecule has 0 aliphatic carbocycles. The maximum Gasteiger partial charge on any atom is 0.219 e. The fourth-order valence-electron chi connectivity index (χ4n) is 4.83. The number of piperazine rings is 1. The summed E-state index contributed by atoms with van der Waals surface area (Å²) in [6.07, 6.45) is 0.485. The SMILES string of the molecule is CC(=O)N1CCN(c2ccc(OC[C@H]3CO[C@](CC(C)(C)C)(c4ccc(C)cc4Cl)O3)cc2)CC1. The highest BCUT2D eigenvalue weighted by Crippen LogP contribution is 2.45. The lowest BCUT2D eigenvalue weighted by atomic mass is 9.84. The van der Waals surface area contributed by atoms with Gasteiger partial charge in [0.1, 0.15) is 18.5 Å². The van der Waals surface area contributed by atoms with Crippen LogP contribution in [0.15, 0.2) is 42.5 Å². The summed E-state index contributed by atoms with van der Waals surface area (Å²) < 4.78 is 18.9. The van der Waals surface area contributed by atoms with E-state index >= 15 is 0 Å². The second-order valence-electron chi connectivity index (χ2n) is 10.8. The number of nitrogens with zero attached hydrogens (tertiary/aromatic N) is 2. The predicted octanol–water partition coefficient (Wildman–Crippen LogP) is 5.40. The molecule has 0 N–H and O–H groups in total. The molecule has 2 aliphatic heterocycles. The maximum atomic E-state index is 11.6. The number of rotatable bonds is 6. The van der Waals surface area contributed by atoms with E-state index in [1.165, 1.54) is 0 Å². The van der Waals surface area contributed by atoms with E-state index in [1.807, 2.05) is 42.2 Å². The quantitative estimate of drug-likeness (QED) is 0.531. The van der Waals surface area contributed by atoms with Crippen molar-refractivity contribution in [1.29, 1.82) is 0 Å². The number of hydrogen-bond donors (Lipinski definition) is 0. The normalized spacial score (nSPS) is 23.0. The zero-order valence-corrected chi connectivity index (χ0v) is 22.2. The van der Waals surface area contributed by atoms with E-state index in [9.17, 15) is 4.79 Å². The molecule has 2 aromatic rings. The average molecular weight is 501 g/mol. The third kappa shape index (κ3) is 6.29. The number of carbonyl (C=O) groups is 1. The number of amides is 1. The average Bonchev–Trinajstić information content (AvgIpc) is 3.20. The van der Waals surface area contributed by atoms with Gasteiger partial charge in [-0.25, -0.2) is 0 Å². The molecule has 0 spiro atoms. The van der Waals surface area contributed by atoms with Crippen molar-refractivity contribution < 1.29 is 19.0 Å². The van der Waals surface area contributed by atoms with Gasteiger partial charge in [0.05, 0.1) is 6.61 Å². The Kier molecular flexibility index (Phi) is 7.65. The molecule has 2 atom stereocenters. The van der Waals surface area contributed by atoms with Crippen molar-refractivity contribution >= 4 is 23.2 Å². The first-order valence-corrected chi connectivity index (χ1v) is 12.7. The van der Waals surface area contributed by atoms with Crippen LogP contribution in [0.4, 0.5) is 5.69 Å². The highest BCUT2D eigenvalue weighted by molar-refractivity contribution is 6.31. The van der Waals surface area contributed by atoms with E-state index in [1.54, 1.807) is 6.92 Å². The van der Waals surface area contributed by atoms with Crippen molar-refractivity contribution in [3.8, 4) is 5.75 Å². The summed E-state index contributed by atoms with van der Waals surface area (Å²) in [5, 5.41) is 0.663. The van der Waals surface area contributed by atoms with Crippen LogP contribution in [0.1, 0.15) is 45.2 Å². The summed E-state index contributed by atoms with van der Waals surface area (Å²) in [4.78, 5) is 15.7. The van der Waals surface area contributed by atoms with Crippen LogP contribution in [0.3, 0.4) is 0 Å². The van der Waals surface area contributed by atoms with Gasteiger partial charge in [-0.05, 0) is 48.2 Å². The molecule has 2 fully saturated rings. The fourth-order valence-corrected chi connectivity index (χ4v) is 5.20. The van der Waals surface area contributed by atoms with E-state index in [0.717, 1.165) is 48.7 Å². The van der Waals surface area contributed by atoms with Gasteiger partial charge in [0.25, 0.3) is 0 Å². The Morgan fingerprint density at radius 1 is 1.11 bits per heavy atom. The minimum Gasteiger partial charge on any atom is -0.491 e. The molecule has 0 saturated carbocycles. The lowest BCUT2D eigenvalue weighted by Crippen LogP contribution is -2.48. The zero-order valence-electron chi connectivity index (χ0n) is 21.5. The summed E-state index contributed by atoms with van der Waals surface area (Å²) in [6.45, 7) is 14.2. The molecular weight excluding hydrogens is 464 g/mol. The maximum absolute atomic E-state index is 11.6. The molecule has 1 amide bonds. The molecule has 2 aliphatic rings. The lowest BCUT2D eigenvalue weighted by Gasteiger charge is -2.35. The van der Waals surface area contributed by atoms with Gasteiger partial charge >= 0.3 is 0 Å². The van der Waals surface area contributed by atoms with Crippen molar-refractivity contribution in [3.05, 3.63) is 58.6 Å². The van der Waals surface area contributed by atoms with E-state index in [0.29, 0.717) is 24.7 Å². The Morgan fingerprint density at radius 3 is 2.40 bits per heavy atom. The lowest BCUT2D eigenvalue weighted by molar-refractivity contribution is -0.198. The number of halogens is 1. The van der Waals surface area contributed by atoms with E-state index in [2.05, 4.69) is 37.8 Å². The number of benzene rings is 2. The second-order valence-corrected chi connectivity index (χ2v) is 11.2. The fraction of sp³-hybridized carbons (Fsp3) is 0.536. The Labute approximate surface area is 214 Å². The van der Waals surface area contributed by atoms with Gasteiger partial charge in [-0.2, -0.15) is 0 Å². The van der Waals surface area contributed by atoms with Gasteiger partial charge in [-0.1, -0.05) is 44.5 Å². The van der Waals surface area contributed by atoms with Crippen LogP contribution in [0.5, 0.6) is 5.75 Å². The monoisotopic (exact) mass is 500 g/mol. The molecule has 7 heteroatoms. The topological polar surface area (TPSA) is 51.2 Å². The first-order valence-electron chi connectivity index (χ1n) is 12.4. The molecule has 0 bridgehead atoms. The number of anilines is 1. The molecule has 190 valence electrons. The predicted molar refractivity (Wildman–Crippen MR) is 139 cm³/mol. The van der Waals surface area contributed by atoms with Crippen molar-refractivity contribution in [3.63, 3.8) is 0 Å². The molecule has 6 nitrogen and oxygen atoms in total. The van der Waals surface area contributed by atoms with E-state index in [4.69, 9.17) is 25.8 Å². The van der Waals surface area contributed by atoms with Gasteiger partial charge in [0.15, 0.2) is 5.79 Å². The molecule has 2 aromatic carbocycles. The van der Waals surface area contributed by atoms with Gasteiger partial charge < -0.3 is 24.0 Å². The molecule has 0 aromatic heterocycles. The Hall–Kier alpha value is -2.28. The van der Waals surface area contributed by atoms with Crippen molar-refractivity contribution in [2.45, 2.75) is 52.9 Å². The highest BCUT2D eigenvalue weighted by atomic mass is 35.5. The Balaban J connectivity index is 1.37. The highest BCUT2D eigenvalue weighted by Gasteiger charge is 2.47. The third-order valence-electron chi connectivity index (χ3n) is 6.52. The summed E-state index contributed by atoms with van der Waals surface area (Å²) in [7, 11) is 0.